The van der Waals surface area contributed by atoms with Crippen LogP contribution < -0.4 is 10.7 Å². The number of H-pyrrole nitrogens is 1. The first-order valence-electron chi connectivity index (χ1n) is 9.05. The van der Waals surface area contributed by atoms with Gasteiger partial charge in [-0.3, -0.25) is 14.3 Å². The summed E-state index contributed by atoms with van der Waals surface area (Å²) in [5, 5.41) is 12.7. The first-order chi connectivity index (χ1) is 13.1. The summed E-state index contributed by atoms with van der Waals surface area (Å²) < 4.78 is 2.01. The van der Waals surface area contributed by atoms with Crippen molar-refractivity contribution in [1.82, 2.24) is 24.5 Å². The molecule has 5 rings (SSSR count). The fourth-order valence-electron chi connectivity index (χ4n) is 3.85. The van der Waals surface area contributed by atoms with Crippen LogP contribution in [0.4, 0.5) is 5.69 Å². The standard InChI is InChI=1S/C20H20N6O/c1-25(2)9-3-8-21-14-4-5-15-19-18(14)20(27)17-12-10-23-24-13(12)6-7-16(17)26(19)11-22-15/h4-7,10-11,21H,3,8-9H2,1-2H3,(H,23,24). The third kappa shape index (κ3) is 2.35. The minimum absolute atomic E-state index is 0.0192. The Labute approximate surface area is 154 Å². The molecule has 2 N–H and O–H groups in total. The molecule has 7 heteroatoms. The fourth-order valence-corrected chi connectivity index (χ4v) is 3.85. The van der Waals surface area contributed by atoms with Crippen molar-refractivity contribution in [3.63, 3.8) is 0 Å². The molecule has 5 aromatic rings. The molecule has 0 amide bonds. The van der Waals surface area contributed by atoms with E-state index < -0.39 is 0 Å². The van der Waals surface area contributed by atoms with Gasteiger partial charge in [0.25, 0.3) is 0 Å². The maximum Gasteiger partial charge on any atom is 0.200 e. The topological polar surface area (TPSA) is 78.3 Å². The maximum absolute atomic E-state index is 13.5. The fraction of sp³-hybridized carbons (Fsp3) is 0.250. The monoisotopic (exact) mass is 360 g/mol. The lowest BCUT2D eigenvalue weighted by Crippen LogP contribution is -2.17. The van der Waals surface area contributed by atoms with Gasteiger partial charge in [0.15, 0.2) is 5.43 Å². The Hall–Kier alpha value is -3.19. The van der Waals surface area contributed by atoms with Crippen LogP contribution in [0.5, 0.6) is 0 Å². The lowest BCUT2D eigenvalue weighted by Gasteiger charge is -2.13. The van der Waals surface area contributed by atoms with Crippen molar-refractivity contribution in [3.05, 3.63) is 47.0 Å². The van der Waals surface area contributed by atoms with Crippen LogP contribution in [0.1, 0.15) is 6.42 Å². The highest BCUT2D eigenvalue weighted by molar-refractivity contribution is 6.13. The molecule has 3 aromatic heterocycles. The van der Waals surface area contributed by atoms with Gasteiger partial charge in [0.2, 0.25) is 0 Å². The number of aromatic amines is 1. The Morgan fingerprint density at radius 1 is 1.19 bits per heavy atom. The summed E-state index contributed by atoms with van der Waals surface area (Å²) in [6.45, 7) is 1.80. The number of nitrogens with one attached hydrogen (secondary N) is 2. The molecule has 0 aliphatic heterocycles. The molecule has 0 unspecified atom stereocenters. The molecule has 0 aliphatic rings. The maximum atomic E-state index is 13.5. The van der Waals surface area contributed by atoms with E-state index in [1.165, 1.54) is 0 Å². The quantitative estimate of drug-likeness (QED) is 0.372. The zero-order valence-corrected chi connectivity index (χ0v) is 15.3. The highest BCUT2D eigenvalue weighted by Crippen LogP contribution is 2.30. The molecule has 136 valence electrons. The number of nitrogens with zero attached hydrogens (tertiary/aromatic N) is 4. The largest absolute Gasteiger partial charge is 0.384 e. The Morgan fingerprint density at radius 3 is 2.93 bits per heavy atom. The second kappa shape index (κ2) is 5.92. The molecule has 0 bridgehead atoms. The molecular weight excluding hydrogens is 340 g/mol. The SMILES string of the molecule is CN(C)CCCNc1ccc2ncn3c4ccc5[nH]ncc5c4c(=O)c1c23. The lowest BCUT2D eigenvalue weighted by molar-refractivity contribution is 0.405. The van der Waals surface area contributed by atoms with Crippen LogP contribution in [-0.2, 0) is 0 Å². The number of pyridine rings is 1. The van der Waals surface area contributed by atoms with Crippen LogP contribution in [0.25, 0.3) is 38.2 Å². The highest BCUT2D eigenvalue weighted by Gasteiger charge is 2.18. The number of hydrogen-bond donors (Lipinski definition) is 2. The Kier molecular flexibility index (Phi) is 3.51. The summed E-state index contributed by atoms with van der Waals surface area (Å²) in [7, 11) is 4.12. The van der Waals surface area contributed by atoms with E-state index in [4.69, 9.17) is 0 Å². The summed E-state index contributed by atoms with van der Waals surface area (Å²) >= 11 is 0. The van der Waals surface area contributed by atoms with Gasteiger partial charge in [0.1, 0.15) is 6.33 Å². The molecule has 3 heterocycles. The lowest BCUT2D eigenvalue weighted by atomic mass is 10.0. The molecule has 7 nitrogen and oxygen atoms in total. The summed E-state index contributed by atoms with van der Waals surface area (Å²) in [6.07, 6.45) is 4.51. The zero-order chi connectivity index (χ0) is 18.5. The first kappa shape index (κ1) is 16.0. The number of benzene rings is 2. The van der Waals surface area contributed by atoms with E-state index in [0.717, 1.165) is 52.7 Å². The Morgan fingerprint density at radius 2 is 2.07 bits per heavy atom. The normalized spacial score (nSPS) is 12.3. The molecule has 27 heavy (non-hydrogen) atoms. The van der Waals surface area contributed by atoms with Crippen molar-refractivity contribution < 1.29 is 0 Å². The van der Waals surface area contributed by atoms with Gasteiger partial charge in [-0.25, -0.2) is 4.98 Å². The van der Waals surface area contributed by atoms with E-state index >= 15 is 0 Å². The zero-order valence-electron chi connectivity index (χ0n) is 15.3. The summed E-state index contributed by atoms with van der Waals surface area (Å²) in [5.74, 6) is 0. The second-order valence-corrected chi connectivity index (χ2v) is 7.17. The Balaban J connectivity index is 1.78. The van der Waals surface area contributed by atoms with E-state index in [1.54, 1.807) is 12.5 Å². The molecule has 0 saturated carbocycles. The average molecular weight is 360 g/mol. The summed E-state index contributed by atoms with van der Waals surface area (Å²) in [5.41, 5.74) is 4.29. The molecule has 0 radical (unpaired) electrons. The molecule has 0 aliphatic carbocycles. The van der Waals surface area contributed by atoms with E-state index in [-0.39, 0.29) is 5.43 Å². The summed E-state index contributed by atoms with van der Waals surface area (Å²) in [6, 6.07) is 7.84. The molecule has 2 aromatic carbocycles. The average Bonchev–Trinajstić information content (AvgIpc) is 3.29. The predicted molar refractivity (Wildman–Crippen MR) is 109 cm³/mol. The molecule has 0 atom stereocenters. The molecule has 0 spiro atoms. The van der Waals surface area contributed by atoms with E-state index in [2.05, 4.69) is 39.5 Å². The molecule has 0 saturated heterocycles. The number of rotatable bonds is 5. The van der Waals surface area contributed by atoms with Crippen molar-refractivity contribution in [2.75, 3.05) is 32.5 Å². The van der Waals surface area contributed by atoms with Gasteiger partial charge in [-0.15, -0.1) is 0 Å². The smallest absolute Gasteiger partial charge is 0.200 e. The number of fused-ring (bicyclic) bond motifs is 4. The van der Waals surface area contributed by atoms with Crippen molar-refractivity contribution in [2.24, 2.45) is 0 Å². The number of imidazole rings is 1. The van der Waals surface area contributed by atoms with E-state index in [0.29, 0.717) is 10.8 Å². The predicted octanol–water partition coefficient (Wildman–Crippen LogP) is 2.68. The van der Waals surface area contributed by atoms with Gasteiger partial charge in [-0.2, -0.15) is 5.10 Å². The van der Waals surface area contributed by atoms with Gasteiger partial charge >= 0.3 is 0 Å². The van der Waals surface area contributed by atoms with Gasteiger partial charge in [0.05, 0.1) is 39.0 Å². The van der Waals surface area contributed by atoms with Crippen molar-refractivity contribution >= 4 is 43.9 Å². The van der Waals surface area contributed by atoms with Crippen LogP contribution >= 0.6 is 0 Å². The van der Waals surface area contributed by atoms with Gasteiger partial charge < -0.3 is 10.2 Å². The van der Waals surface area contributed by atoms with Crippen LogP contribution in [0.15, 0.2) is 41.6 Å². The Bertz CT molecular complexity index is 1330. The first-order valence-corrected chi connectivity index (χ1v) is 9.05. The number of hydrogen-bond acceptors (Lipinski definition) is 5. The van der Waals surface area contributed by atoms with Crippen LogP contribution in [-0.4, -0.2) is 51.7 Å². The van der Waals surface area contributed by atoms with Crippen LogP contribution in [0, 0.1) is 0 Å². The highest BCUT2D eigenvalue weighted by atomic mass is 16.1. The van der Waals surface area contributed by atoms with E-state index in [1.807, 2.05) is 28.7 Å². The number of aromatic nitrogens is 4. The third-order valence-corrected chi connectivity index (χ3v) is 5.12. The minimum Gasteiger partial charge on any atom is -0.384 e. The van der Waals surface area contributed by atoms with Gasteiger partial charge in [-0.05, 0) is 51.3 Å². The van der Waals surface area contributed by atoms with Crippen molar-refractivity contribution in [1.29, 1.82) is 0 Å². The van der Waals surface area contributed by atoms with Crippen LogP contribution in [0.3, 0.4) is 0 Å². The van der Waals surface area contributed by atoms with Crippen molar-refractivity contribution in [3.8, 4) is 0 Å². The van der Waals surface area contributed by atoms with Gasteiger partial charge in [0, 0.05) is 17.6 Å². The van der Waals surface area contributed by atoms with E-state index in [9.17, 15) is 4.79 Å². The second-order valence-electron chi connectivity index (χ2n) is 7.17. The van der Waals surface area contributed by atoms with Gasteiger partial charge in [-0.1, -0.05) is 0 Å². The summed E-state index contributed by atoms with van der Waals surface area (Å²) in [4.78, 5) is 20.2. The van der Waals surface area contributed by atoms with Crippen LogP contribution in [0.2, 0.25) is 0 Å². The van der Waals surface area contributed by atoms with Crippen molar-refractivity contribution in [2.45, 2.75) is 6.42 Å². The molecular formula is C20H20N6O. The third-order valence-electron chi connectivity index (χ3n) is 5.12. The molecule has 0 fully saturated rings. The number of anilines is 1. The minimum atomic E-state index is 0.0192.